The summed E-state index contributed by atoms with van der Waals surface area (Å²) in [4.78, 5) is 23.2. The molecule has 3 amide bonds. The van der Waals surface area contributed by atoms with E-state index in [4.69, 9.17) is 5.73 Å². The van der Waals surface area contributed by atoms with Crippen LogP contribution in [0, 0.1) is 5.92 Å². The molecule has 0 radical (unpaired) electrons. The zero-order valence-electron chi connectivity index (χ0n) is 12.5. The summed E-state index contributed by atoms with van der Waals surface area (Å²) in [6, 6.07) is 6.73. The predicted octanol–water partition coefficient (Wildman–Crippen LogP) is 2.17. The number of halogens is 1. The first-order valence-electron chi connectivity index (χ1n) is 6.61. The fourth-order valence-corrected chi connectivity index (χ4v) is 1.44. The molecule has 0 saturated heterocycles. The van der Waals surface area contributed by atoms with E-state index in [-0.39, 0.29) is 36.3 Å². The average molecular weight is 315 g/mol. The summed E-state index contributed by atoms with van der Waals surface area (Å²) in [5.74, 6) is -0.351. The quantitative estimate of drug-likeness (QED) is 0.670. The van der Waals surface area contributed by atoms with Crippen molar-refractivity contribution in [3.8, 4) is 0 Å². The Hall–Kier alpha value is -1.79. The van der Waals surface area contributed by atoms with Crippen LogP contribution >= 0.6 is 12.4 Å². The van der Waals surface area contributed by atoms with Gasteiger partial charge in [0.05, 0.1) is 0 Å². The third kappa shape index (κ3) is 6.97. The lowest BCUT2D eigenvalue weighted by Gasteiger charge is -2.12. The van der Waals surface area contributed by atoms with Crippen LogP contribution in [0.5, 0.6) is 0 Å². The van der Waals surface area contributed by atoms with Crippen molar-refractivity contribution in [1.82, 2.24) is 5.32 Å². The maximum absolute atomic E-state index is 11.7. The fraction of sp³-hybridized carbons (Fsp3) is 0.429. The minimum absolute atomic E-state index is 0. The molecule has 6 nitrogen and oxygen atoms in total. The summed E-state index contributed by atoms with van der Waals surface area (Å²) >= 11 is 0. The first kappa shape index (κ1) is 19.2. The van der Waals surface area contributed by atoms with Crippen LogP contribution in [0.4, 0.5) is 16.2 Å². The molecule has 1 aromatic rings. The number of anilines is 2. The van der Waals surface area contributed by atoms with Gasteiger partial charge in [-0.2, -0.15) is 0 Å². The second-order valence-corrected chi connectivity index (χ2v) is 4.96. The van der Waals surface area contributed by atoms with Crippen molar-refractivity contribution >= 4 is 35.7 Å². The van der Waals surface area contributed by atoms with Crippen LogP contribution < -0.4 is 21.7 Å². The van der Waals surface area contributed by atoms with Gasteiger partial charge in [-0.25, -0.2) is 4.79 Å². The van der Waals surface area contributed by atoms with Gasteiger partial charge in [0.1, 0.15) is 0 Å². The summed E-state index contributed by atoms with van der Waals surface area (Å²) in [5, 5.41) is 8.19. The van der Waals surface area contributed by atoms with Crippen molar-refractivity contribution in [3.63, 3.8) is 0 Å². The molecule has 0 aliphatic rings. The van der Waals surface area contributed by atoms with Gasteiger partial charge in [-0.15, -0.1) is 12.4 Å². The standard InChI is InChI=1S/C14H22N4O2.ClH/c1-9(2)16-14(20)18-12-6-4-11(5-7-12)17-13(19)10(3)8-15;/h4-7,9-10H,8,15H2,1-3H3,(H,17,19)(H2,16,18,20);1H. The molecule has 1 unspecified atom stereocenters. The van der Waals surface area contributed by atoms with E-state index < -0.39 is 0 Å². The predicted molar refractivity (Wildman–Crippen MR) is 87.8 cm³/mol. The Bertz CT molecular complexity index is 463. The monoisotopic (exact) mass is 314 g/mol. The maximum Gasteiger partial charge on any atom is 0.319 e. The highest BCUT2D eigenvalue weighted by Crippen LogP contribution is 2.14. The Morgan fingerprint density at radius 3 is 1.95 bits per heavy atom. The van der Waals surface area contributed by atoms with Crippen molar-refractivity contribution in [1.29, 1.82) is 0 Å². The molecule has 0 bridgehead atoms. The topological polar surface area (TPSA) is 96.2 Å². The summed E-state index contributed by atoms with van der Waals surface area (Å²) in [6.07, 6.45) is 0. The molecule has 1 aromatic carbocycles. The van der Waals surface area contributed by atoms with Crippen LogP contribution in [0.1, 0.15) is 20.8 Å². The van der Waals surface area contributed by atoms with E-state index in [0.29, 0.717) is 17.9 Å². The van der Waals surface area contributed by atoms with Gasteiger partial charge in [0.15, 0.2) is 0 Å². The normalized spacial score (nSPS) is 11.3. The van der Waals surface area contributed by atoms with Gasteiger partial charge in [-0.05, 0) is 38.1 Å². The molecule has 1 rings (SSSR count). The highest BCUT2D eigenvalue weighted by Gasteiger charge is 2.10. The molecule has 0 aromatic heterocycles. The molecule has 1 atom stereocenters. The molecule has 118 valence electrons. The summed E-state index contributed by atoms with van der Waals surface area (Å²) in [5.41, 5.74) is 6.76. The van der Waals surface area contributed by atoms with E-state index >= 15 is 0 Å². The second-order valence-electron chi connectivity index (χ2n) is 4.96. The lowest BCUT2D eigenvalue weighted by Crippen LogP contribution is -2.34. The molecule has 21 heavy (non-hydrogen) atoms. The SMILES string of the molecule is CC(C)NC(=O)Nc1ccc(NC(=O)C(C)CN)cc1.Cl. The number of carbonyl (C=O) groups excluding carboxylic acids is 2. The highest BCUT2D eigenvalue weighted by atomic mass is 35.5. The van der Waals surface area contributed by atoms with Crippen molar-refractivity contribution in [2.24, 2.45) is 11.7 Å². The largest absolute Gasteiger partial charge is 0.336 e. The number of amides is 3. The number of hydrogen-bond donors (Lipinski definition) is 4. The Morgan fingerprint density at radius 2 is 1.52 bits per heavy atom. The molecular formula is C14H23ClN4O2. The Kier molecular flexibility index (Phi) is 8.42. The van der Waals surface area contributed by atoms with Gasteiger partial charge in [-0.1, -0.05) is 6.92 Å². The number of nitrogens with one attached hydrogen (secondary N) is 3. The van der Waals surface area contributed by atoms with Gasteiger partial charge in [0.2, 0.25) is 5.91 Å². The highest BCUT2D eigenvalue weighted by molar-refractivity contribution is 5.93. The lowest BCUT2D eigenvalue weighted by atomic mass is 10.1. The number of rotatable bonds is 5. The average Bonchev–Trinajstić information content (AvgIpc) is 2.39. The Morgan fingerprint density at radius 1 is 1.05 bits per heavy atom. The van der Waals surface area contributed by atoms with E-state index in [1.54, 1.807) is 31.2 Å². The van der Waals surface area contributed by atoms with Gasteiger partial charge < -0.3 is 21.7 Å². The summed E-state index contributed by atoms with van der Waals surface area (Å²) in [7, 11) is 0. The minimum Gasteiger partial charge on any atom is -0.336 e. The van der Waals surface area contributed by atoms with Crippen molar-refractivity contribution in [3.05, 3.63) is 24.3 Å². The molecule has 0 spiro atoms. The van der Waals surface area contributed by atoms with Crippen LogP contribution in [-0.2, 0) is 4.79 Å². The van der Waals surface area contributed by atoms with E-state index in [1.165, 1.54) is 0 Å². The van der Waals surface area contributed by atoms with E-state index in [0.717, 1.165) is 0 Å². The zero-order chi connectivity index (χ0) is 15.1. The van der Waals surface area contributed by atoms with Crippen LogP contribution in [0.25, 0.3) is 0 Å². The first-order chi connectivity index (χ1) is 9.42. The molecule has 7 heteroatoms. The van der Waals surface area contributed by atoms with Gasteiger partial charge >= 0.3 is 6.03 Å². The third-order valence-electron chi connectivity index (χ3n) is 2.63. The van der Waals surface area contributed by atoms with Crippen LogP contribution in [0.3, 0.4) is 0 Å². The van der Waals surface area contributed by atoms with Crippen molar-refractivity contribution in [2.75, 3.05) is 17.2 Å². The summed E-state index contributed by atoms with van der Waals surface area (Å²) in [6.45, 7) is 5.84. The number of urea groups is 1. The van der Waals surface area contributed by atoms with E-state index in [9.17, 15) is 9.59 Å². The molecule has 0 aliphatic heterocycles. The number of hydrogen-bond acceptors (Lipinski definition) is 3. The molecule has 0 saturated carbocycles. The molecular weight excluding hydrogens is 292 g/mol. The number of carbonyl (C=O) groups is 2. The molecule has 0 fully saturated rings. The van der Waals surface area contributed by atoms with Crippen LogP contribution in [0.15, 0.2) is 24.3 Å². The summed E-state index contributed by atoms with van der Waals surface area (Å²) < 4.78 is 0. The third-order valence-corrected chi connectivity index (χ3v) is 2.63. The minimum atomic E-state index is -0.256. The molecule has 0 aliphatic carbocycles. The number of nitrogens with two attached hydrogens (primary N) is 1. The van der Waals surface area contributed by atoms with Crippen LogP contribution in [-0.4, -0.2) is 24.5 Å². The van der Waals surface area contributed by atoms with Gasteiger partial charge in [-0.3, -0.25) is 4.79 Å². The van der Waals surface area contributed by atoms with Gasteiger partial charge in [0, 0.05) is 29.9 Å². The Labute approximate surface area is 131 Å². The fourth-order valence-electron chi connectivity index (χ4n) is 1.44. The van der Waals surface area contributed by atoms with Crippen molar-refractivity contribution in [2.45, 2.75) is 26.8 Å². The van der Waals surface area contributed by atoms with E-state index in [1.807, 2.05) is 13.8 Å². The molecule has 0 heterocycles. The number of benzene rings is 1. The first-order valence-corrected chi connectivity index (χ1v) is 6.61. The second kappa shape index (κ2) is 9.20. The van der Waals surface area contributed by atoms with Gasteiger partial charge in [0.25, 0.3) is 0 Å². The van der Waals surface area contributed by atoms with Crippen molar-refractivity contribution < 1.29 is 9.59 Å². The zero-order valence-corrected chi connectivity index (χ0v) is 13.3. The van der Waals surface area contributed by atoms with E-state index in [2.05, 4.69) is 16.0 Å². The Balaban J connectivity index is 0.00000400. The lowest BCUT2D eigenvalue weighted by molar-refractivity contribution is -0.119. The van der Waals surface area contributed by atoms with Crippen LogP contribution in [0.2, 0.25) is 0 Å². The maximum atomic E-state index is 11.7. The molecule has 5 N–H and O–H groups in total. The smallest absolute Gasteiger partial charge is 0.319 e.